The van der Waals surface area contributed by atoms with Crippen LogP contribution in [-0.2, 0) is 6.61 Å². The fraction of sp³-hybridized carbons (Fsp3) is 0.133. The molecule has 2 aromatic rings. The number of rotatable bonds is 5. The molecule has 0 aliphatic rings. The monoisotopic (exact) mass is 310 g/mol. The molecule has 2 N–H and O–H groups in total. The Labute approximate surface area is 125 Å². The van der Waals surface area contributed by atoms with E-state index in [4.69, 9.17) is 10.6 Å². The highest BCUT2D eigenvalue weighted by atomic mass is 19.4. The van der Waals surface area contributed by atoms with Gasteiger partial charge in [0.25, 0.3) is 0 Å². The van der Waals surface area contributed by atoms with Gasteiger partial charge in [0.1, 0.15) is 18.1 Å². The van der Waals surface area contributed by atoms with E-state index in [0.717, 1.165) is 11.1 Å². The predicted octanol–water partition coefficient (Wildman–Crippen LogP) is 3.46. The maximum absolute atomic E-state index is 12.0. The summed E-state index contributed by atoms with van der Waals surface area (Å²) in [6, 6.07) is 12.6. The first kappa shape index (κ1) is 15.7. The van der Waals surface area contributed by atoms with Crippen molar-refractivity contribution in [3.63, 3.8) is 0 Å². The second kappa shape index (κ2) is 6.84. The van der Waals surface area contributed by atoms with Gasteiger partial charge in [-0.05, 0) is 35.4 Å². The van der Waals surface area contributed by atoms with E-state index in [0.29, 0.717) is 12.4 Å². The van der Waals surface area contributed by atoms with Crippen molar-refractivity contribution < 1.29 is 22.6 Å². The van der Waals surface area contributed by atoms with Crippen LogP contribution in [0.2, 0.25) is 0 Å². The highest BCUT2D eigenvalue weighted by molar-refractivity contribution is 5.79. The smallest absolute Gasteiger partial charge is 0.489 e. The van der Waals surface area contributed by atoms with Crippen LogP contribution >= 0.6 is 0 Å². The van der Waals surface area contributed by atoms with Crippen LogP contribution in [0.15, 0.2) is 53.6 Å². The van der Waals surface area contributed by atoms with Crippen LogP contribution in [0.5, 0.6) is 11.5 Å². The molecule has 0 saturated heterocycles. The fourth-order valence-corrected chi connectivity index (χ4v) is 1.69. The lowest BCUT2D eigenvalue weighted by Crippen LogP contribution is -2.16. The number of benzene rings is 2. The third-order valence-corrected chi connectivity index (χ3v) is 2.67. The molecular weight excluding hydrogens is 297 g/mol. The summed E-state index contributed by atoms with van der Waals surface area (Å²) in [4.78, 5) is 0. The van der Waals surface area contributed by atoms with E-state index in [-0.39, 0.29) is 5.75 Å². The normalized spacial score (nSPS) is 11.6. The van der Waals surface area contributed by atoms with Crippen LogP contribution in [0.25, 0.3) is 0 Å². The van der Waals surface area contributed by atoms with Crippen molar-refractivity contribution >= 4 is 6.21 Å². The van der Waals surface area contributed by atoms with E-state index in [1.807, 2.05) is 24.3 Å². The van der Waals surface area contributed by atoms with Gasteiger partial charge in [-0.1, -0.05) is 24.3 Å². The molecule has 22 heavy (non-hydrogen) atoms. The number of hydrogen-bond acceptors (Lipinski definition) is 4. The Morgan fingerprint density at radius 2 is 1.55 bits per heavy atom. The molecule has 2 rings (SSSR count). The summed E-state index contributed by atoms with van der Waals surface area (Å²) in [5, 5.41) is 3.41. The van der Waals surface area contributed by atoms with Gasteiger partial charge in [0.15, 0.2) is 0 Å². The van der Waals surface area contributed by atoms with Crippen molar-refractivity contribution in [3.8, 4) is 11.5 Å². The van der Waals surface area contributed by atoms with Gasteiger partial charge >= 0.3 is 6.36 Å². The summed E-state index contributed by atoms with van der Waals surface area (Å²) in [7, 11) is 0. The number of halogens is 3. The second-order valence-corrected chi connectivity index (χ2v) is 4.33. The summed E-state index contributed by atoms with van der Waals surface area (Å²) >= 11 is 0. The lowest BCUT2D eigenvalue weighted by atomic mass is 10.1. The number of nitrogens with two attached hydrogens (primary N) is 1. The molecule has 0 unspecified atom stereocenters. The highest BCUT2D eigenvalue weighted by Gasteiger charge is 2.30. The molecule has 0 spiro atoms. The minimum atomic E-state index is -4.70. The Morgan fingerprint density at radius 1 is 0.955 bits per heavy atom. The van der Waals surface area contributed by atoms with Crippen LogP contribution in [0.3, 0.4) is 0 Å². The molecule has 0 aliphatic heterocycles. The Hall–Kier alpha value is -2.70. The van der Waals surface area contributed by atoms with Gasteiger partial charge in [0.2, 0.25) is 0 Å². The Balaban J connectivity index is 1.91. The van der Waals surface area contributed by atoms with Crippen LogP contribution in [-0.4, -0.2) is 12.6 Å². The molecule has 7 heteroatoms. The summed E-state index contributed by atoms with van der Waals surface area (Å²) < 4.78 is 45.3. The van der Waals surface area contributed by atoms with Crippen molar-refractivity contribution in [3.05, 3.63) is 59.7 Å². The summed E-state index contributed by atoms with van der Waals surface area (Å²) in [6.45, 7) is 0.291. The maximum atomic E-state index is 12.0. The zero-order valence-electron chi connectivity index (χ0n) is 11.4. The molecule has 0 radical (unpaired) electrons. The average molecular weight is 310 g/mol. The number of hydrogen-bond donors (Lipinski definition) is 1. The van der Waals surface area contributed by atoms with Gasteiger partial charge in [-0.2, -0.15) is 5.10 Å². The van der Waals surface area contributed by atoms with Gasteiger partial charge in [-0.3, -0.25) is 0 Å². The van der Waals surface area contributed by atoms with E-state index in [1.54, 1.807) is 0 Å². The van der Waals surface area contributed by atoms with Gasteiger partial charge in [-0.15, -0.1) is 13.2 Å². The van der Waals surface area contributed by atoms with E-state index in [9.17, 15) is 13.2 Å². The van der Waals surface area contributed by atoms with Crippen LogP contribution in [0, 0.1) is 0 Å². The third kappa shape index (κ3) is 5.01. The zero-order valence-corrected chi connectivity index (χ0v) is 11.4. The number of alkyl halides is 3. The molecule has 2 aromatic carbocycles. The van der Waals surface area contributed by atoms with Crippen molar-refractivity contribution in [2.24, 2.45) is 10.9 Å². The number of nitrogens with zero attached hydrogens (tertiary/aromatic N) is 1. The molecule has 4 nitrogen and oxygen atoms in total. The van der Waals surface area contributed by atoms with Crippen molar-refractivity contribution in [2.75, 3.05) is 0 Å². The summed E-state index contributed by atoms with van der Waals surface area (Å²) in [5.74, 6) is 5.21. The van der Waals surface area contributed by atoms with Crippen LogP contribution in [0.1, 0.15) is 11.1 Å². The largest absolute Gasteiger partial charge is 0.573 e. The molecule has 0 saturated carbocycles. The SMILES string of the molecule is NN=Cc1ccc(COc2ccc(OC(F)(F)F)cc2)cc1. The first-order valence-electron chi connectivity index (χ1n) is 6.27. The third-order valence-electron chi connectivity index (χ3n) is 2.67. The lowest BCUT2D eigenvalue weighted by molar-refractivity contribution is -0.274. The van der Waals surface area contributed by atoms with Gasteiger partial charge in [0, 0.05) is 0 Å². The van der Waals surface area contributed by atoms with Crippen molar-refractivity contribution in [2.45, 2.75) is 13.0 Å². The van der Waals surface area contributed by atoms with E-state index in [2.05, 4.69) is 9.84 Å². The van der Waals surface area contributed by atoms with Crippen LogP contribution in [0.4, 0.5) is 13.2 Å². The number of hydrazone groups is 1. The summed E-state index contributed by atoms with van der Waals surface area (Å²) in [6.07, 6.45) is -3.18. The minimum absolute atomic E-state index is 0.287. The van der Waals surface area contributed by atoms with Crippen molar-refractivity contribution in [1.82, 2.24) is 0 Å². The Bertz CT molecular complexity index is 623. The molecule has 0 bridgehead atoms. The molecule has 116 valence electrons. The maximum Gasteiger partial charge on any atom is 0.573 e. The Morgan fingerprint density at radius 3 is 2.09 bits per heavy atom. The molecule has 0 heterocycles. The molecule has 0 aliphatic carbocycles. The van der Waals surface area contributed by atoms with Gasteiger partial charge < -0.3 is 15.3 Å². The molecule has 0 amide bonds. The molecule has 0 fully saturated rings. The van der Waals surface area contributed by atoms with Crippen LogP contribution < -0.4 is 15.3 Å². The zero-order chi connectivity index (χ0) is 16.0. The molecule has 0 aromatic heterocycles. The highest BCUT2D eigenvalue weighted by Crippen LogP contribution is 2.25. The van der Waals surface area contributed by atoms with Gasteiger partial charge in [0.05, 0.1) is 6.21 Å². The lowest BCUT2D eigenvalue weighted by Gasteiger charge is -2.10. The number of ether oxygens (including phenoxy) is 2. The van der Waals surface area contributed by atoms with E-state index in [1.165, 1.54) is 30.5 Å². The second-order valence-electron chi connectivity index (χ2n) is 4.33. The van der Waals surface area contributed by atoms with E-state index >= 15 is 0 Å². The van der Waals surface area contributed by atoms with Crippen molar-refractivity contribution in [1.29, 1.82) is 0 Å². The van der Waals surface area contributed by atoms with E-state index < -0.39 is 6.36 Å². The Kier molecular flexibility index (Phi) is 4.88. The first-order valence-corrected chi connectivity index (χ1v) is 6.27. The molecule has 0 atom stereocenters. The van der Waals surface area contributed by atoms with Gasteiger partial charge in [-0.25, -0.2) is 0 Å². The standard InChI is InChI=1S/C15H13F3N2O2/c16-15(17,18)22-14-7-5-13(6-8-14)21-10-12-3-1-11(2-4-12)9-20-19/h1-9H,10,19H2. The quantitative estimate of drug-likeness (QED) is 0.523. The predicted molar refractivity (Wildman–Crippen MR) is 75.7 cm³/mol. The first-order chi connectivity index (χ1) is 10.5. The average Bonchev–Trinajstić information content (AvgIpc) is 2.47. The topological polar surface area (TPSA) is 56.8 Å². The summed E-state index contributed by atoms with van der Waals surface area (Å²) in [5.41, 5.74) is 1.77. The molecular formula is C15H13F3N2O2. The minimum Gasteiger partial charge on any atom is -0.489 e. The fourth-order valence-electron chi connectivity index (χ4n) is 1.69.